The van der Waals surface area contributed by atoms with Crippen molar-refractivity contribution in [3.63, 3.8) is 0 Å². The number of nitrogens with zero attached hydrogens (tertiary/aromatic N) is 1. The second-order valence-corrected chi connectivity index (χ2v) is 7.85. The third kappa shape index (κ3) is 7.17. The number of carbonyl (C=O) groups is 1. The van der Waals surface area contributed by atoms with Crippen LogP contribution in [0.3, 0.4) is 0 Å². The molecule has 1 aromatic rings. The average molecular weight is 376 g/mol. The van der Waals surface area contributed by atoms with Crippen LogP contribution in [0.2, 0.25) is 0 Å². The molecule has 4 nitrogen and oxygen atoms in total. The van der Waals surface area contributed by atoms with Crippen LogP contribution < -0.4 is 0 Å². The van der Waals surface area contributed by atoms with Crippen molar-refractivity contribution in [1.82, 2.24) is 4.90 Å². The Labute approximate surface area is 164 Å². The largest absolute Gasteiger partial charge is 0.445 e. The van der Waals surface area contributed by atoms with Gasteiger partial charge in [-0.15, -0.1) is 0 Å². The Balaban J connectivity index is 1.90. The smallest absolute Gasteiger partial charge is 0.410 e. The van der Waals surface area contributed by atoms with Crippen molar-refractivity contribution in [2.75, 3.05) is 0 Å². The van der Waals surface area contributed by atoms with Crippen molar-refractivity contribution in [3.05, 3.63) is 35.9 Å². The SMILES string of the molecule is CCCC[C@@H]1CC[C@@H](CCCC(O)CCC)N1C(=O)OCc1ccccc1. The summed E-state index contributed by atoms with van der Waals surface area (Å²) in [5, 5.41) is 9.97. The molecule has 0 radical (unpaired) electrons. The molecule has 1 amide bonds. The number of benzene rings is 1. The minimum Gasteiger partial charge on any atom is -0.445 e. The molecule has 4 heteroatoms. The van der Waals surface area contributed by atoms with Gasteiger partial charge in [0.05, 0.1) is 6.10 Å². The molecule has 0 spiro atoms. The zero-order valence-electron chi connectivity index (χ0n) is 17.1. The van der Waals surface area contributed by atoms with E-state index in [-0.39, 0.29) is 18.2 Å². The van der Waals surface area contributed by atoms with Crippen molar-refractivity contribution < 1.29 is 14.6 Å². The number of aliphatic hydroxyl groups is 1. The summed E-state index contributed by atoms with van der Waals surface area (Å²) in [6, 6.07) is 10.4. The molecule has 1 fully saturated rings. The number of carbonyl (C=O) groups excluding carboxylic acids is 1. The second-order valence-electron chi connectivity index (χ2n) is 7.85. The molecule has 0 saturated carbocycles. The Morgan fingerprint density at radius 1 is 1.07 bits per heavy atom. The summed E-state index contributed by atoms with van der Waals surface area (Å²) in [6.07, 6.45) is 9.76. The van der Waals surface area contributed by atoms with E-state index in [0.717, 1.165) is 69.8 Å². The molecule has 1 aliphatic rings. The summed E-state index contributed by atoms with van der Waals surface area (Å²) in [4.78, 5) is 14.9. The molecule has 0 aliphatic carbocycles. The number of rotatable bonds is 11. The van der Waals surface area contributed by atoms with Gasteiger partial charge in [-0.3, -0.25) is 0 Å². The minimum absolute atomic E-state index is 0.170. The first-order chi connectivity index (χ1) is 13.2. The maximum absolute atomic E-state index is 12.9. The highest BCUT2D eigenvalue weighted by Gasteiger charge is 2.37. The van der Waals surface area contributed by atoms with Crippen molar-refractivity contribution >= 4 is 6.09 Å². The number of hydrogen-bond acceptors (Lipinski definition) is 3. The summed E-state index contributed by atoms with van der Waals surface area (Å²) in [6.45, 7) is 4.63. The fourth-order valence-electron chi connectivity index (χ4n) is 4.13. The molecule has 1 N–H and O–H groups in total. The van der Waals surface area contributed by atoms with Crippen molar-refractivity contribution in [1.29, 1.82) is 0 Å². The normalized spacial score (nSPS) is 20.6. The Morgan fingerprint density at radius 3 is 2.37 bits per heavy atom. The topological polar surface area (TPSA) is 49.8 Å². The molecule has 2 rings (SSSR count). The molecular weight excluding hydrogens is 338 g/mol. The molecule has 1 aliphatic heterocycles. The highest BCUT2D eigenvalue weighted by molar-refractivity contribution is 5.69. The number of aliphatic hydroxyl groups excluding tert-OH is 1. The summed E-state index contributed by atoms with van der Waals surface area (Å²) in [5.74, 6) is 0. The summed E-state index contributed by atoms with van der Waals surface area (Å²) < 4.78 is 5.66. The Hall–Kier alpha value is -1.55. The van der Waals surface area contributed by atoms with Gasteiger partial charge in [0, 0.05) is 12.1 Å². The maximum atomic E-state index is 12.9. The Kier molecular flexibility index (Phi) is 9.68. The molecular formula is C23H37NO3. The number of hydrogen-bond donors (Lipinski definition) is 1. The first-order valence-electron chi connectivity index (χ1n) is 10.8. The van der Waals surface area contributed by atoms with Crippen molar-refractivity contribution in [2.45, 2.75) is 103 Å². The molecule has 152 valence electrons. The van der Waals surface area contributed by atoms with Gasteiger partial charge in [0.25, 0.3) is 0 Å². The van der Waals surface area contributed by atoms with Crippen molar-refractivity contribution in [3.8, 4) is 0 Å². The van der Waals surface area contributed by atoms with Crippen LogP contribution in [0.15, 0.2) is 30.3 Å². The third-order valence-corrected chi connectivity index (χ3v) is 5.62. The fourth-order valence-corrected chi connectivity index (χ4v) is 4.13. The van der Waals surface area contributed by atoms with E-state index in [1.54, 1.807) is 0 Å². The maximum Gasteiger partial charge on any atom is 0.410 e. The van der Waals surface area contributed by atoms with Crippen LogP contribution in [0.25, 0.3) is 0 Å². The van der Waals surface area contributed by atoms with Gasteiger partial charge in [-0.1, -0.05) is 63.4 Å². The van der Waals surface area contributed by atoms with E-state index in [4.69, 9.17) is 4.74 Å². The summed E-state index contributed by atoms with van der Waals surface area (Å²) >= 11 is 0. The van der Waals surface area contributed by atoms with Crippen LogP contribution in [0.1, 0.15) is 83.6 Å². The average Bonchev–Trinajstić information content (AvgIpc) is 3.08. The zero-order valence-corrected chi connectivity index (χ0v) is 17.1. The van der Waals surface area contributed by atoms with Gasteiger partial charge in [0.2, 0.25) is 0 Å². The molecule has 27 heavy (non-hydrogen) atoms. The monoisotopic (exact) mass is 375 g/mol. The van der Waals surface area contributed by atoms with Gasteiger partial charge < -0.3 is 14.7 Å². The lowest BCUT2D eigenvalue weighted by molar-refractivity contribution is 0.0732. The highest BCUT2D eigenvalue weighted by Crippen LogP contribution is 2.31. The van der Waals surface area contributed by atoms with Crippen LogP contribution in [0.4, 0.5) is 4.79 Å². The second kappa shape index (κ2) is 12.0. The van der Waals surface area contributed by atoms with Gasteiger partial charge in [-0.05, 0) is 50.5 Å². The quantitative estimate of drug-likeness (QED) is 0.541. The van der Waals surface area contributed by atoms with E-state index in [2.05, 4.69) is 13.8 Å². The minimum atomic E-state index is -0.203. The number of likely N-dealkylation sites (tertiary alicyclic amines) is 1. The van der Waals surface area contributed by atoms with E-state index >= 15 is 0 Å². The van der Waals surface area contributed by atoms with Crippen LogP contribution in [-0.4, -0.2) is 34.3 Å². The fraction of sp³-hybridized carbons (Fsp3) is 0.696. The molecule has 1 unspecified atom stereocenters. The standard InChI is InChI=1S/C23H37NO3/c1-3-5-13-20-16-17-21(14-9-15-22(25)10-4-2)24(20)23(26)27-18-19-11-7-6-8-12-19/h6-8,11-12,20-22,25H,3-5,9-10,13-18H2,1-2H3/t20-,21-,22?/m1/s1. The van der Waals surface area contributed by atoms with Gasteiger partial charge >= 0.3 is 6.09 Å². The molecule has 1 saturated heterocycles. The predicted octanol–water partition coefficient (Wildman–Crippen LogP) is 5.68. The lowest BCUT2D eigenvalue weighted by atomic mass is 10.0. The molecule has 0 bridgehead atoms. The number of ether oxygens (including phenoxy) is 1. The van der Waals surface area contributed by atoms with E-state index in [9.17, 15) is 9.90 Å². The number of unbranched alkanes of at least 4 members (excludes halogenated alkanes) is 1. The summed E-state index contributed by atoms with van der Waals surface area (Å²) in [5.41, 5.74) is 1.02. The predicted molar refractivity (Wildman–Crippen MR) is 110 cm³/mol. The van der Waals surface area contributed by atoms with E-state index in [0.29, 0.717) is 12.6 Å². The molecule has 1 aromatic carbocycles. The molecule has 1 heterocycles. The van der Waals surface area contributed by atoms with Crippen LogP contribution in [0.5, 0.6) is 0 Å². The summed E-state index contributed by atoms with van der Waals surface area (Å²) in [7, 11) is 0. The van der Waals surface area contributed by atoms with E-state index in [1.807, 2.05) is 35.2 Å². The van der Waals surface area contributed by atoms with Crippen LogP contribution in [-0.2, 0) is 11.3 Å². The molecule has 0 aromatic heterocycles. The van der Waals surface area contributed by atoms with E-state index in [1.165, 1.54) is 0 Å². The first kappa shape index (κ1) is 21.7. The number of amides is 1. The van der Waals surface area contributed by atoms with Gasteiger partial charge in [-0.25, -0.2) is 4.79 Å². The van der Waals surface area contributed by atoms with Gasteiger partial charge in [0.1, 0.15) is 6.61 Å². The first-order valence-corrected chi connectivity index (χ1v) is 10.8. The highest BCUT2D eigenvalue weighted by atomic mass is 16.6. The zero-order chi connectivity index (χ0) is 19.5. The van der Waals surface area contributed by atoms with Gasteiger partial charge in [0.15, 0.2) is 0 Å². The molecule has 3 atom stereocenters. The Morgan fingerprint density at radius 2 is 1.74 bits per heavy atom. The van der Waals surface area contributed by atoms with Crippen LogP contribution in [0, 0.1) is 0 Å². The lowest BCUT2D eigenvalue weighted by Gasteiger charge is -2.30. The van der Waals surface area contributed by atoms with Crippen LogP contribution >= 0.6 is 0 Å². The lowest BCUT2D eigenvalue weighted by Crippen LogP contribution is -2.41. The Bertz CT molecular complexity index is 534. The third-order valence-electron chi connectivity index (χ3n) is 5.62. The van der Waals surface area contributed by atoms with Crippen molar-refractivity contribution in [2.24, 2.45) is 0 Å². The van der Waals surface area contributed by atoms with E-state index < -0.39 is 0 Å². The van der Waals surface area contributed by atoms with Gasteiger partial charge in [-0.2, -0.15) is 0 Å².